The number of aryl methyl sites for hydroxylation is 1. The molecule has 0 atom stereocenters. The Hall–Kier alpha value is -2.73. The van der Waals surface area contributed by atoms with Gasteiger partial charge in [-0.25, -0.2) is 9.97 Å². The first-order valence-corrected chi connectivity index (χ1v) is 9.88. The minimum atomic E-state index is 0.0933. The van der Waals surface area contributed by atoms with E-state index in [0.717, 1.165) is 46.1 Å². The maximum atomic E-state index is 11.9. The summed E-state index contributed by atoms with van der Waals surface area (Å²) in [6.07, 6.45) is 1.26. The van der Waals surface area contributed by atoms with Crippen molar-refractivity contribution in [2.24, 2.45) is 0 Å². The van der Waals surface area contributed by atoms with E-state index in [-0.39, 0.29) is 5.91 Å². The topological polar surface area (TPSA) is 58.1 Å². The molecule has 0 aliphatic rings. The van der Waals surface area contributed by atoms with E-state index in [9.17, 15) is 4.79 Å². The Bertz CT molecular complexity index is 918. The Morgan fingerprint density at radius 1 is 1.15 bits per heavy atom. The van der Waals surface area contributed by atoms with Crippen molar-refractivity contribution in [3.8, 4) is 11.4 Å². The van der Waals surface area contributed by atoms with Crippen LogP contribution in [-0.4, -0.2) is 34.9 Å². The van der Waals surface area contributed by atoms with Gasteiger partial charge in [0.05, 0.1) is 6.42 Å². The maximum absolute atomic E-state index is 11.9. The van der Waals surface area contributed by atoms with Crippen LogP contribution >= 0.6 is 11.3 Å². The van der Waals surface area contributed by atoms with Crippen LogP contribution < -0.4 is 5.32 Å². The Morgan fingerprint density at radius 3 is 2.48 bits per heavy atom. The molecule has 0 aliphatic heterocycles. The first kappa shape index (κ1) is 19.0. The van der Waals surface area contributed by atoms with E-state index >= 15 is 0 Å². The lowest BCUT2D eigenvalue weighted by Gasteiger charge is -2.14. The summed E-state index contributed by atoms with van der Waals surface area (Å²) in [7, 11) is 3.54. The highest BCUT2D eigenvalue weighted by Gasteiger charge is 2.13. The number of aromatic nitrogens is 2. The average Bonchev–Trinajstić information content (AvgIpc) is 3.17. The van der Waals surface area contributed by atoms with Crippen LogP contribution in [0.25, 0.3) is 11.4 Å². The van der Waals surface area contributed by atoms with Crippen LogP contribution in [0.2, 0.25) is 0 Å². The van der Waals surface area contributed by atoms with Gasteiger partial charge in [-0.3, -0.25) is 4.79 Å². The molecule has 1 amide bonds. The van der Waals surface area contributed by atoms with E-state index in [2.05, 4.69) is 22.6 Å². The fourth-order valence-electron chi connectivity index (χ4n) is 2.82. The highest BCUT2D eigenvalue weighted by atomic mass is 32.1. The molecule has 0 radical (unpaired) electrons. The Labute approximate surface area is 164 Å². The van der Waals surface area contributed by atoms with Crippen LogP contribution in [0.4, 0.5) is 11.5 Å². The van der Waals surface area contributed by atoms with Crippen molar-refractivity contribution in [3.05, 3.63) is 57.9 Å². The molecule has 2 heterocycles. The molecule has 0 saturated heterocycles. The molecule has 3 aromatic rings. The average molecular weight is 381 g/mol. The molecule has 0 saturated carbocycles. The molecule has 1 aromatic carbocycles. The van der Waals surface area contributed by atoms with Gasteiger partial charge in [-0.1, -0.05) is 19.1 Å². The smallest absolute Gasteiger partial charge is 0.226 e. The molecule has 2 aromatic heterocycles. The lowest BCUT2D eigenvalue weighted by atomic mass is 10.1. The summed E-state index contributed by atoms with van der Waals surface area (Å²) in [5, 5.41) is 7.51. The molecule has 5 nitrogen and oxygen atoms in total. The zero-order valence-corrected chi connectivity index (χ0v) is 16.9. The van der Waals surface area contributed by atoms with Gasteiger partial charge in [-0.05, 0) is 42.5 Å². The third-order valence-corrected chi connectivity index (χ3v) is 5.10. The van der Waals surface area contributed by atoms with Gasteiger partial charge in [-0.15, -0.1) is 0 Å². The van der Waals surface area contributed by atoms with Crippen LogP contribution in [0.1, 0.15) is 23.7 Å². The van der Waals surface area contributed by atoms with E-state index in [1.165, 1.54) is 0 Å². The number of likely N-dealkylation sites (N-methyl/N-ethyl adjacent to an activating group) is 1. The summed E-state index contributed by atoms with van der Waals surface area (Å²) in [5.41, 5.74) is 5.07. The molecule has 1 N–H and O–H groups in total. The van der Waals surface area contributed by atoms with Crippen molar-refractivity contribution in [2.45, 2.75) is 26.7 Å². The van der Waals surface area contributed by atoms with Crippen molar-refractivity contribution >= 4 is 28.7 Å². The van der Waals surface area contributed by atoms with Crippen LogP contribution in [0.15, 0.2) is 41.1 Å². The summed E-state index contributed by atoms with van der Waals surface area (Å²) >= 11 is 1.64. The number of hydrogen-bond donors (Lipinski definition) is 1. The highest BCUT2D eigenvalue weighted by molar-refractivity contribution is 7.08. The van der Waals surface area contributed by atoms with Gasteiger partial charge in [-0.2, -0.15) is 11.3 Å². The molecule has 0 fully saturated rings. The summed E-state index contributed by atoms with van der Waals surface area (Å²) in [4.78, 5) is 22.9. The summed E-state index contributed by atoms with van der Waals surface area (Å²) in [6, 6.07) is 9.95. The number of nitrogens with zero attached hydrogens (tertiary/aromatic N) is 3. The van der Waals surface area contributed by atoms with Crippen LogP contribution in [0.3, 0.4) is 0 Å². The van der Waals surface area contributed by atoms with Gasteiger partial charge in [0, 0.05) is 42.0 Å². The number of amides is 1. The zero-order valence-electron chi connectivity index (χ0n) is 16.1. The quantitative estimate of drug-likeness (QED) is 0.686. The van der Waals surface area contributed by atoms with Crippen LogP contribution in [-0.2, 0) is 17.6 Å². The summed E-state index contributed by atoms with van der Waals surface area (Å²) in [6.45, 7) is 4.13. The second-order valence-corrected chi connectivity index (χ2v) is 7.39. The Kier molecular flexibility index (Phi) is 5.86. The molecule has 0 bridgehead atoms. The number of carbonyl (C=O) groups is 1. The molecule has 27 heavy (non-hydrogen) atoms. The van der Waals surface area contributed by atoms with E-state index in [4.69, 9.17) is 4.98 Å². The second-order valence-electron chi connectivity index (χ2n) is 6.61. The van der Waals surface area contributed by atoms with Gasteiger partial charge in [0.25, 0.3) is 0 Å². The lowest BCUT2D eigenvalue weighted by Crippen LogP contribution is -2.23. The van der Waals surface area contributed by atoms with Crippen molar-refractivity contribution < 1.29 is 4.79 Å². The number of rotatable bonds is 6. The number of nitrogens with one attached hydrogen (secondary N) is 1. The monoisotopic (exact) mass is 380 g/mol. The Balaban J connectivity index is 1.85. The third-order valence-electron chi connectivity index (χ3n) is 4.42. The summed E-state index contributed by atoms with van der Waals surface area (Å²) < 4.78 is 0. The number of hydrogen-bond acceptors (Lipinski definition) is 5. The normalized spacial score (nSPS) is 10.7. The molecule has 3 rings (SSSR count). The first-order valence-electron chi connectivity index (χ1n) is 8.94. The molecule has 0 spiro atoms. The number of benzene rings is 1. The molecule has 0 unspecified atom stereocenters. The molecular weight excluding hydrogens is 356 g/mol. The minimum absolute atomic E-state index is 0.0933. The number of thiophene rings is 1. The molecule has 140 valence electrons. The van der Waals surface area contributed by atoms with Gasteiger partial charge >= 0.3 is 0 Å². The van der Waals surface area contributed by atoms with Gasteiger partial charge in [0.1, 0.15) is 5.82 Å². The van der Waals surface area contributed by atoms with E-state index in [0.29, 0.717) is 6.42 Å². The zero-order chi connectivity index (χ0) is 19.4. The molecule has 6 heteroatoms. The Morgan fingerprint density at radius 2 is 1.89 bits per heavy atom. The number of anilines is 2. The molecule has 0 aliphatic carbocycles. The van der Waals surface area contributed by atoms with Crippen molar-refractivity contribution in [1.29, 1.82) is 0 Å². The fourth-order valence-corrected chi connectivity index (χ4v) is 3.45. The van der Waals surface area contributed by atoms with Gasteiger partial charge in [0.15, 0.2) is 5.82 Å². The standard InChI is InChI=1S/C21H24N4OS/c1-5-18-14(2)22-20(16-10-11-27-13-16)24-21(18)23-17-8-6-15(7-9-17)12-19(26)25(3)4/h6-11,13H,5,12H2,1-4H3,(H,22,23,24). The highest BCUT2D eigenvalue weighted by Crippen LogP contribution is 2.26. The van der Waals surface area contributed by atoms with Gasteiger partial charge in [0.2, 0.25) is 5.91 Å². The maximum Gasteiger partial charge on any atom is 0.226 e. The van der Waals surface area contributed by atoms with Gasteiger partial charge < -0.3 is 10.2 Å². The molecular formula is C21H24N4OS. The second kappa shape index (κ2) is 8.31. The van der Waals surface area contributed by atoms with Crippen LogP contribution in [0, 0.1) is 6.92 Å². The number of carbonyl (C=O) groups excluding carboxylic acids is 1. The predicted octanol–water partition coefficient (Wildman–Crippen LogP) is 4.45. The first-order chi connectivity index (χ1) is 13.0. The fraction of sp³-hybridized carbons (Fsp3) is 0.286. The third kappa shape index (κ3) is 4.52. The SMILES string of the molecule is CCc1c(C)nc(-c2ccsc2)nc1Nc1ccc(CC(=O)N(C)C)cc1. The van der Waals surface area contributed by atoms with E-state index in [1.54, 1.807) is 30.3 Å². The lowest BCUT2D eigenvalue weighted by molar-refractivity contribution is -0.127. The minimum Gasteiger partial charge on any atom is -0.349 e. The summed E-state index contributed by atoms with van der Waals surface area (Å²) in [5.74, 6) is 1.67. The van der Waals surface area contributed by atoms with E-state index in [1.807, 2.05) is 42.6 Å². The van der Waals surface area contributed by atoms with E-state index < -0.39 is 0 Å². The predicted molar refractivity (Wildman–Crippen MR) is 112 cm³/mol. The van der Waals surface area contributed by atoms with Crippen molar-refractivity contribution in [2.75, 3.05) is 19.4 Å². The van der Waals surface area contributed by atoms with Crippen molar-refractivity contribution in [3.63, 3.8) is 0 Å². The van der Waals surface area contributed by atoms with Crippen LogP contribution in [0.5, 0.6) is 0 Å². The van der Waals surface area contributed by atoms with Crippen molar-refractivity contribution in [1.82, 2.24) is 14.9 Å². The largest absolute Gasteiger partial charge is 0.349 e.